The number of carbonyl (C=O) groups excluding carboxylic acids is 3. The van der Waals surface area contributed by atoms with E-state index < -0.39 is 5.54 Å². The van der Waals surface area contributed by atoms with Crippen molar-refractivity contribution in [3.05, 3.63) is 35.4 Å². The van der Waals surface area contributed by atoms with Crippen LogP contribution in [-0.4, -0.2) is 34.8 Å². The molecule has 1 aromatic carbocycles. The lowest BCUT2D eigenvalue weighted by Gasteiger charge is -2.30. The van der Waals surface area contributed by atoms with E-state index >= 15 is 0 Å². The molecule has 1 saturated heterocycles. The molecule has 134 valence electrons. The Morgan fingerprint density at radius 2 is 1.84 bits per heavy atom. The maximum atomic E-state index is 12.6. The number of urea groups is 1. The van der Waals surface area contributed by atoms with Crippen LogP contribution in [0.2, 0.25) is 0 Å². The first-order valence-electron chi connectivity index (χ1n) is 8.96. The van der Waals surface area contributed by atoms with Crippen molar-refractivity contribution < 1.29 is 14.4 Å². The maximum absolute atomic E-state index is 12.6. The molecule has 0 aromatic heterocycles. The second kappa shape index (κ2) is 7.25. The highest BCUT2D eigenvalue weighted by Gasteiger charge is 2.50. The summed E-state index contributed by atoms with van der Waals surface area (Å²) in [5.41, 5.74) is 1.48. The molecule has 1 aliphatic carbocycles. The van der Waals surface area contributed by atoms with Crippen molar-refractivity contribution in [1.29, 1.82) is 0 Å². The van der Waals surface area contributed by atoms with E-state index in [0.29, 0.717) is 19.4 Å². The number of nitrogens with one attached hydrogen (secondary N) is 2. The number of benzene rings is 1. The molecule has 1 aromatic rings. The van der Waals surface area contributed by atoms with Crippen LogP contribution in [-0.2, 0) is 16.1 Å². The lowest BCUT2D eigenvalue weighted by atomic mass is 9.82. The number of hydrogen-bond donors (Lipinski definition) is 2. The van der Waals surface area contributed by atoms with Gasteiger partial charge in [-0.1, -0.05) is 49.1 Å². The molecule has 4 amide bonds. The Hall–Kier alpha value is -2.37. The van der Waals surface area contributed by atoms with E-state index in [9.17, 15) is 14.4 Å². The van der Waals surface area contributed by atoms with Crippen molar-refractivity contribution in [2.45, 2.75) is 57.5 Å². The van der Waals surface area contributed by atoms with Gasteiger partial charge in [-0.05, 0) is 25.3 Å². The van der Waals surface area contributed by atoms with E-state index in [2.05, 4.69) is 10.6 Å². The van der Waals surface area contributed by atoms with Crippen LogP contribution < -0.4 is 10.6 Å². The number of rotatable bonds is 5. The van der Waals surface area contributed by atoms with Gasteiger partial charge in [0, 0.05) is 19.5 Å². The zero-order valence-corrected chi connectivity index (χ0v) is 14.6. The van der Waals surface area contributed by atoms with Gasteiger partial charge in [-0.2, -0.15) is 0 Å². The molecule has 1 spiro atoms. The third-order valence-corrected chi connectivity index (χ3v) is 5.13. The van der Waals surface area contributed by atoms with Crippen LogP contribution in [0.25, 0.3) is 0 Å². The molecule has 1 saturated carbocycles. The first-order chi connectivity index (χ1) is 12.0. The number of aryl methyl sites for hydroxylation is 1. The topological polar surface area (TPSA) is 78.5 Å². The summed E-state index contributed by atoms with van der Waals surface area (Å²) in [7, 11) is 0. The molecule has 2 N–H and O–H groups in total. The largest absolute Gasteiger partial charge is 0.352 e. The van der Waals surface area contributed by atoms with E-state index in [1.165, 1.54) is 10.5 Å². The highest BCUT2D eigenvalue weighted by atomic mass is 16.2. The zero-order valence-electron chi connectivity index (χ0n) is 14.6. The molecule has 1 heterocycles. The quantitative estimate of drug-likeness (QED) is 0.805. The lowest BCUT2D eigenvalue weighted by Crippen LogP contribution is -2.48. The van der Waals surface area contributed by atoms with Crippen LogP contribution >= 0.6 is 0 Å². The fraction of sp³-hybridized carbons (Fsp3) is 0.526. The van der Waals surface area contributed by atoms with Crippen LogP contribution in [0.1, 0.15) is 49.7 Å². The van der Waals surface area contributed by atoms with Crippen molar-refractivity contribution in [3.63, 3.8) is 0 Å². The second-order valence-electron chi connectivity index (χ2n) is 7.04. The lowest BCUT2D eigenvalue weighted by molar-refractivity contribution is -0.132. The summed E-state index contributed by atoms with van der Waals surface area (Å²) in [6, 6.07) is 7.58. The summed E-state index contributed by atoms with van der Waals surface area (Å²) in [5.74, 6) is -0.325. The molecule has 1 aliphatic heterocycles. The smallest absolute Gasteiger partial charge is 0.325 e. The standard InChI is InChI=1S/C19H25N3O3/c1-14-5-7-15(8-6-14)13-20-16(23)9-12-22-17(24)19(21-18(22)25)10-3-2-4-11-19/h5-8H,2-4,9-13H2,1H3,(H,20,23)(H,21,25). The average molecular weight is 343 g/mol. The first kappa shape index (κ1) is 17.5. The van der Waals surface area contributed by atoms with Crippen LogP contribution in [0.15, 0.2) is 24.3 Å². The first-order valence-corrected chi connectivity index (χ1v) is 8.96. The van der Waals surface area contributed by atoms with Crippen molar-refractivity contribution >= 4 is 17.8 Å². The fourth-order valence-electron chi connectivity index (χ4n) is 3.58. The average Bonchev–Trinajstić information content (AvgIpc) is 2.83. The monoisotopic (exact) mass is 343 g/mol. The highest BCUT2D eigenvalue weighted by Crippen LogP contribution is 2.33. The Labute approximate surface area is 148 Å². The predicted molar refractivity (Wildman–Crippen MR) is 93.7 cm³/mol. The number of imide groups is 1. The summed E-state index contributed by atoms with van der Waals surface area (Å²) in [4.78, 5) is 38.0. The van der Waals surface area contributed by atoms with E-state index in [0.717, 1.165) is 24.8 Å². The SMILES string of the molecule is Cc1ccc(CNC(=O)CCN2C(=O)NC3(CCCCC3)C2=O)cc1. The molecule has 0 atom stereocenters. The zero-order chi connectivity index (χ0) is 17.9. The summed E-state index contributed by atoms with van der Waals surface area (Å²) in [6.07, 6.45) is 4.54. The summed E-state index contributed by atoms with van der Waals surface area (Å²) in [6.45, 7) is 2.59. The van der Waals surface area contributed by atoms with Crippen LogP contribution in [0, 0.1) is 6.92 Å². The van der Waals surface area contributed by atoms with Gasteiger partial charge in [0.25, 0.3) is 5.91 Å². The molecule has 3 rings (SSSR count). The van der Waals surface area contributed by atoms with Gasteiger partial charge >= 0.3 is 6.03 Å². The van der Waals surface area contributed by atoms with Gasteiger partial charge in [0.05, 0.1) is 0 Å². The van der Waals surface area contributed by atoms with Crippen molar-refractivity contribution in [2.24, 2.45) is 0 Å². The van der Waals surface area contributed by atoms with Gasteiger partial charge in [-0.25, -0.2) is 4.79 Å². The Bertz CT molecular complexity index is 663. The fourth-order valence-corrected chi connectivity index (χ4v) is 3.58. The molecule has 0 radical (unpaired) electrons. The number of nitrogens with zero attached hydrogens (tertiary/aromatic N) is 1. The molecule has 6 nitrogen and oxygen atoms in total. The van der Waals surface area contributed by atoms with Gasteiger partial charge in [0.15, 0.2) is 0 Å². The second-order valence-corrected chi connectivity index (χ2v) is 7.04. The van der Waals surface area contributed by atoms with Crippen LogP contribution in [0.3, 0.4) is 0 Å². The Balaban J connectivity index is 1.49. The minimum atomic E-state index is -0.715. The normalized spacial score (nSPS) is 19.2. The van der Waals surface area contributed by atoms with Crippen LogP contribution in [0.4, 0.5) is 4.79 Å². The number of hydrogen-bond acceptors (Lipinski definition) is 3. The molecule has 2 fully saturated rings. The van der Waals surface area contributed by atoms with Crippen LogP contribution in [0.5, 0.6) is 0 Å². The van der Waals surface area contributed by atoms with Crippen molar-refractivity contribution in [1.82, 2.24) is 15.5 Å². The molecular formula is C19H25N3O3. The number of carbonyl (C=O) groups is 3. The van der Waals surface area contributed by atoms with E-state index in [4.69, 9.17) is 0 Å². The van der Waals surface area contributed by atoms with E-state index in [-0.39, 0.29) is 30.8 Å². The molecule has 2 aliphatic rings. The van der Waals surface area contributed by atoms with Gasteiger partial charge < -0.3 is 10.6 Å². The Morgan fingerprint density at radius 3 is 2.52 bits per heavy atom. The molecule has 25 heavy (non-hydrogen) atoms. The third kappa shape index (κ3) is 3.83. The van der Waals surface area contributed by atoms with E-state index in [1.54, 1.807) is 0 Å². The van der Waals surface area contributed by atoms with Gasteiger partial charge in [-0.3, -0.25) is 14.5 Å². The third-order valence-electron chi connectivity index (χ3n) is 5.13. The van der Waals surface area contributed by atoms with Gasteiger partial charge in [0.1, 0.15) is 5.54 Å². The molecule has 6 heteroatoms. The highest BCUT2D eigenvalue weighted by molar-refractivity contribution is 6.07. The molecule has 0 unspecified atom stereocenters. The minimum absolute atomic E-state index is 0.126. The summed E-state index contributed by atoms with van der Waals surface area (Å²) in [5, 5.41) is 5.70. The number of amides is 4. The summed E-state index contributed by atoms with van der Waals surface area (Å²) >= 11 is 0. The summed E-state index contributed by atoms with van der Waals surface area (Å²) < 4.78 is 0. The van der Waals surface area contributed by atoms with Gasteiger partial charge in [-0.15, -0.1) is 0 Å². The molecular weight excluding hydrogens is 318 g/mol. The maximum Gasteiger partial charge on any atom is 0.325 e. The Kier molecular flexibility index (Phi) is 5.06. The Morgan fingerprint density at radius 1 is 1.16 bits per heavy atom. The minimum Gasteiger partial charge on any atom is -0.352 e. The van der Waals surface area contributed by atoms with Gasteiger partial charge in [0.2, 0.25) is 5.91 Å². The molecule has 0 bridgehead atoms. The van der Waals surface area contributed by atoms with Crippen molar-refractivity contribution in [3.8, 4) is 0 Å². The van der Waals surface area contributed by atoms with Crippen molar-refractivity contribution in [2.75, 3.05) is 6.54 Å². The van der Waals surface area contributed by atoms with E-state index in [1.807, 2.05) is 31.2 Å². The predicted octanol–water partition coefficient (Wildman–Crippen LogP) is 2.26.